The highest BCUT2D eigenvalue weighted by Gasteiger charge is 2.14. The zero-order chi connectivity index (χ0) is 11.2. The first kappa shape index (κ1) is 10.7. The minimum atomic E-state index is -0.233. The Hall–Kier alpha value is -1.84. The van der Waals surface area contributed by atoms with E-state index in [2.05, 4.69) is 10.3 Å². The number of rotatable bonds is 3. The van der Waals surface area contributed by atoms with Crippen molar-refractivity contribution in [1.29, 1.82) is 0 Å². The summed E-state index contributed by atoms with van der Waals surface area (Å²) < 4.78 is 5.17. The van der Waals surface area contributed by atoms with Gasteiger partial charge in [-0.05, 0) is 5.56 Å². The summed E-state index contributed by atoms with van der Waals surface area (Å²) >= 11 is 0. The number of benzene rings is 1. The Bertz CT molecular complexity index is 387. The van der Waals surface area contributed by atoms with Crippen molar-refractivity contribution in [2.75, 3.05) is 13.2 Å². The van der Waals surface area contributed by atoms with Crippen molar-refractivity contribution in [1.82, 2.24) is 5.32 Å². The van der Waals surface area contributed by atoms with E-state index in [9.17, 15) is 4.79 Å². The van der Waals surface area contributed by atoms with Gasteiger partial charge in [-0.3, -0.25) is 4.79 Å². The van der Waals surface area contributed by atoms with Crippen LogP contribution in [0, 0.1) is 0 Å². The van der Waals surface area contributed by atoms with E-state index in [0.29, 0.717) is 19.7 Å². The van der Waals surface area contributed by atoms with E-state index in [1.54, 1.807) is 0 Å². The number of aliphatic imine (C=N–C) groups is 1. The summed E-state index contributed by atoms with van der Waals surface area (Å²) in [6, 6.07) is 9.75. The average molecular weight is 218 g/mol. The van der Waals surface area contributed by atoms with Crippen LogP contribution in [-0.2, 0) is 16.1 Å². The minimum absolute atomic E-state index is 0.210. The third-order valence-electron chi connectivity index (χ3n) is 2.29. The van der Waals surface area contributed by atoms with Gasteiger partial charge in [0.25, 0.3) is 5.90 Å². The molecule has 1 heterocycles. The standard InChI is InChI=1S/C12H14N2O2/c15-11(12-13-7-4-8-16-12)14-9-10-5-2-1-3-6-10/h1-3,5-6H,4,7-9H2,(H,14,15). The second kappa shape index (κ2) is 5.30. The molecule has 1 aromatic rings. The topological polar surface area (TPSA) is 50.7 Å². The normalized spacial score (nSPS) is 14.9. The van der Waals surface area contributed by atoms with Crippen LogP contribution in [0.2, 0.25) is 0 Å². The van der Waals surface area contributed by atoms with Gasteiger partial charge < -0.3 is 10.1 Å². The summed E-state index contributed by atoms with van der Waals surface area (Å²) in [5.41, 5.74) is 1.06. The fourth-order valence-corrected chi connectivity index (χ4v) is 1.45. The van der Waals surface area contributed by atoms with Gasteiger partial charge in [0.05, 0.1) is 6.61 Å². The maximum atomic E-state index is 11.6. The molecule has 84 valence electrons. The lowest BCUT2D eigenvalue weighted by atomic mass is 10.2. The quantitative estimate of drug-likeness (QED) is 0.826. The van der Waals surface area contributed by atoms with Crippen LogP contribution < -0.4 is 5.32 Å². The highest BCUT2D eigenvalue weighted by Crippen LogP contribution is 1.99. The lowest BCUT2D eigenvalue weighted by molar-refractivity contribution is -0.116. The number of carbonyl (C=O) groups is 1. The Kier molecular flexibility index (Phi) is 3.53. The molecule has 0 fully saturated rings. The van der Waals surface area contributed by atoms with E-state index < -0.39 is 0 Å². The van der Waals surface area contributed by atoms with E-state index in [1.807, 2.05) is 30.3 Å². The number of amides is 1. The molecule has 0 saturated carbocycles. The predicted octanol–water partition coefficient (Wildman–Crippen LogP) is 1.12. The zero-order valence-electron chi connectivity index (χ0n) is 8.98. The molecule has 1 aliphatic heterocycles. The van der Waals surface area contributed by atoms with Crippen LogP contribution in [0.25, 0.3) is 0 Å². The summed E-state index contributed by atoms with van der Waals surface area (Å²) in [5.74, 6) is -0.0225. The molecule has 4 heteroatoms. The third kappa shape index (κ3) is 2.82. The number of hydrogen-bond acceptors (Lipinski definition) is 3. The van der Waals surface area contributed by atoms with Crippen molar-refractivity contribution in [2.45, 2.75) is 13.0 Å². The van der Waals surface area contributed by atoms with Gasteiger partial charge in [-0.1, -0.05) is 30.3 Å². The van der Waals surface area contributed by atoms with Crippen LogP contribution in [0.15, 0.2) is 35.3 Å². The fourth-order valence-electron chi connectivity index (χ4n) is 1.45. The monoisotopic (exact) mass is 218 g/mol. The van der Waals surface area contributed by atoms with Gasteiger partial charge in [-0.2, -0.15) is 0 Å². The molecular formula is C12H14N2O2. The van der Waals surface area contributed by atoms with Crippen LogP contribution in [0.5, 0.6) is 0 Å². The highest BCUT2D eigenvalue weighted by molar-refractivity contribution is 6.35. The maximum absolute atomic E-state index is 11.6. The van der Waals surface area contributed by atoms with E-state index in [4.69, 9.17) is 4.74 Å². The van der Waals surface area contributed by atoms with Gasteiger partial charge in [0.1, 0.15) is 0 Å². The molecule has 1 aliphatic rings. The van der Waals surface area contributed by atoms with E-state index in [0.717, 1.165) is 12.0 Å². The van der Waals surface area contributed by atoms with Crippen LogP contribution in [0.1, 0.15) is 12.0 Å². The minimum Gasteiger partial charge on any atom is -0.474 e. The van der Waals surface area contributed by atoms with Gasteiger partial charge in [0, 0.05) is 19.5 Å². The molecule has 1 aromatic carbocycles. The molecular weight excluding hydrogens is 204 g/mol. The summed E-state index contributed by atoms with van der Waals surface area (Å²) in [5, 5.41) is 2.77. The Balaban J connectivity index is 1.86. The summed E-state index contributed by atoms with van der Waals surface area (Å²) in [6.07, 6.45) is 0.884. The molecule has 2 rings (SSSR count). The van der Waals surface area contributed by atoms with Crippen LogP contribution in [-0.4, -0.2) is 25.0 Å². The number of hydrogen-bond donors (Lipinski definition) is 1. The molecule has 0 unspecified atom stereocenters. The van der Waals surface area contributed by atoms with Gasteiger partial charge in [-0.25, -0.2) is 4.99 Å². The van der Waals surface area contributed by atoms with Crippen molar-refractivity contribution in [2.24, 2.45) is 4.99 Å². The lowest BCUT2D eigenvalue weighted by Crippen LogP contribution is -2.34. The van der Waals surface area contributed by atoms with Crippen molar-refractivity contribution in [3.05, 3.63) is 35.9 Å². The van der Waals surface area contributed by atoms with Gasteiger partial charge in [0.15, 0.2) is 0 Å². The van der Waals surface area contributed by atoms with Crippen LogP contribution in [0.4, 0.5) is 0 Å². The molecule has 4 nitrogen and oxygen atoms in total. The molecule has 0 atom stereocenters. The highest BCUT2D eigenvalue weighted by atomic mass is 16.5. The van der Waals surface area contributed by atoms with E-state index in [-0.39, 0.29) is 11.8 Å². The number of nitrogens with zero attached hydrogens (tertiary/aromatic N) is 1. The van der Waals surface area contributed by atoms with Crippen LogP contribution in [0.3, 0.4) is 0 Å². The lowest BCUT2D eigenvalue weighted by Gasteiger charge is -2.13. The third-order valence-corrected chi connectivity index (χ3v) is 2.29. The van der Waals surface area contributed by atoms with E-state index >= 15 is 0 Å². The second-order valence-electron chi connectivity index (χ2n) is 3.56. The Morgan fingerprint density at radius 3 is 2.88 bits per heavy atom. The molecule has 16 heavy (non-hydrogen) atoms. The first-order chi connectivity index (χ1) is 7.86. The SMILES string of the molecule is O=C(NCc1ccccc1)C1=NCCCO1. The molecule has 0 bridgehead atoms. The van der Waals surface area contributed by atoms with Crippen LogP contribution >= 0.6 is 0 Å². The summed E-state index contributed by atoms with van der Waals surface area (Å²) in [7, 11) is 0. The number of ether oxygens (including phenoxy) is 1. The first-order valence-electron chi connectivity index (χ1n) is 5.35. The Morgan fingerprint density at radius 1 is 1.38 bits per heavy atom. The van der Waals surface area contributed by atoms with E-state index in [1.165, 1.54) is 0 Å². The number of nitrogens with one attached hydrogen (secondary N) is 1. The first-order valence-corrected chi connectivity index (χ1v) is 5.35. The Labute approximate surface area is 94.3 Å². The van der Waals surface area contributed by atoms with Gasteiger partial charge >= 0.3 is 5.91 Å². The summed E-state index contributed by atoms with van der Waals surface area (Å²) in [4.78, 5) is 15.6. The molecule has 1 N–H and O–H groups in total. The molecule has 0 saturated heterocycles. The molecule has 1 amide bonds. The fraction of sp³-hybridized carbons (Fsp3) is 0.333. The number of carbonyl (C=O) groups excluding carboxylic acids is 1. The molecule has 0 aliphatic carbocycles. The van der Waals surface area contributed by atoms with Crippen molar-refractivity contribution in [3.63, 3.8) is 0 Å². The van der Waals surface area contributed by atoms with Crippen molar-refractivity contribution >= 4 is 11.8 Å². The largest absolute Gasteiger partial charge is 0.474 e. The summed E-state index contributed by atoms with van der Waals surface area (Å²) in [6.45, 7) is 1.76. The average Bonchev–Trinajstić information content (AvgIpc) is 2.38. The van der Waals surface area contributed by atoms with Crippen molar-refractivity contribution in [3.8, 4) is 0 Å². The molecule has 0 spiro atoms. The molecule has 0 aromatic heterocycles. The van der Waals surface area contributed by atoms with Crippen molar-refractivity contribution < 1.29 is 9.53 Å². The predicted molar refractivity (Wildman–Crippen MR) is 61.2 cm³/mol. The smallest absolute Gasteiger partial charge is 0.306 e. The second-order valence-corrected chi connectivity index (χ2v) is 3.56. The maximum Gasteiger partial charge on any atom is 0.306 e. The van der Waals surface area contributed by atoms with Gasteiger partial charge in [-0.15, -0.1) is 0 Å². The van der Waals surface area contributed by atoms with Gasteiger partial charge in [0.2, 0.25) is 0 Å². The molecule has 0 radical (unpaired) electrons. The Morgan fingerprint density at radius 2 is 2.19 bits per heavy atom. The zero-order valence-corrected chi connectivity index (χ0v) is 8.98.